The van der Waals surface area contributed by atoms with E-state index in [4.69, 9.17) is 21.1 Å². The summed E-state index contributed by atoms with van der Waals surface area (Å²) in [4.78, 5) is 22.6. The molecule has 0 fully saturated rings. The molecule has 0 aliphatic carbocycles. The van der Waals surface area contributed by atoms with Gasteiger partial charge in [0.25, 0.3) is 5.91 Å². The van der Waals surface area contributed by atoms with Crippen molar-refractivity contribution in [3.8, 4) is 0 Å². The van der Waals surface area contributed by atoms with E-state index in [2.05, 4.69) is 5.32 Å². The molecule has 0 radical (unpaired) electrons. The van der Waals surface area contributed by atoms with E-state index in [0.29, 0.717) is 5.56 Å². The second kappa shape index (κ2) is 5.97. The summed E-state index contributed by atoms with van der Waals surface area (Å²) < 4.78 is 18.3. The van der Waals surface area contributed by atoms with Crippen LogP contribution in [0.1, 0.15) is 32.2 Å². The third-order valence-electron chi connectivity index (χ3n) is 2.79. The largest absolute Gasteiger partial charge is 0.475 e. The molecule has 2 N–H and O–H groups in total. The third-order valence-corrected chi connectivity index (χ3v) is 3.10. The zero-order valence-electron chi connectivity index (χ0n) is 10.9. The first kappa shape index (κ1) is 15.1. The second-order valence-electron chi connectivity index (χ2n) is 4.34. The molecule has 1 aromatic carbocycles. The average molecular weight is 312 g/mol. The fraction of sp³-hybridized carbons (Fsp3) is 0.143. The number of carboxylic acid groups (broad SMARTS) is 1. The molecule has 2 rings (SSSR count). The maximum absolute atomic E-state index is 13.3. The summed E-state index contributed by atoms with van der Waals surface area (Å²) in [5, 5.41) is 11.2. The van der Waals surface area contributed by atoms with Crippen LogP contribution < -0.4 is 5.32 Å². The molecule has 1 heterocycles. The second-order valence-corrected chi connectivity index (χ2v) is 4.74. The molecular weight excluding hydrogens is 301 g/mol. The Morgan fingerprint density at radius 1 is 1.38 bits per heavy atom. The van der Waals surface area contributed by atoms with Gasteiger partial charge in [0.2, 0.25) is 5.76 Å². The van der Waals surface area contributed by atoms with Crippen molar-refractivity contribution in [1.29, 1.82) is 0 Å². The number of nitrogens with one attached hydrogen (secondary N) is 1. The fourth-order valence-corrected chi connectivity index (χ4v) is 1.92. The van der Waals surface area contributed by atoms with Gasteiger partial charge in [-0.3, -0.25) is 4.79 Å². The Morgan fingerprint density at radius 3 is 2.71 bits per heavy atom. The normalized spacial score (nSPS) is 10.4. The molecule has 0 unspecified atom stereocenters. The minimum atomic E-state index is -1.19. The minimum Gasteiger partial charge on any atom is -0.475 e. The number of hydrogen-bond acceptors (Lipinski definition) is 3. The molecule has 0 aliphatic heterocycles. The van der Waals surface area contributed by atoms with Crippen molar-refractivity contribution in [2.24, 2.45) is 0 Å². The molecule has 2 aromatic rings. The van der Waals surface area contributed by atoms with Crippen LogP contribution in [0.5, 0.6) is 0 Å². The lowest BCUT2D eigenvalue weighted by molar-refractivity contribution is 0.0660. The first-order chi connectivity index (χ1) is 9.88. The van der Waals surface area contributed by atoms with Gasteiger partial charge < -0.3 is 14.8 Å². The van der Waals surface area contributed by atoms with Crippen LogP contribution in [0, 0.1) is 12.7 Å². The summed E-state index contributed by atoms with van der Waals surface area (Å²) in [5.41, 5.74) is 0.441. The number of halogens is 2. The van der Waals surface area contributed by atoms with Crippen molar-refractivity contribution < 1.29 is 23.5 Å². The number of furan rings is 1. The van der Waals surface area contributed by atoms with Crippen LogP contribution in [0.15, 0.2) is 28.7 Å². The topological polar surface area (TPSA) is 79.5 Å². The highest BCUT2D eigenvalue weighted by Gasteiger charge is 2.14. The minimum absolute atomic E-state index is 0.00112. The van der Waals surface area contributed by atoms with Gasteiger partial charge in [0.1, 0.15) is 11.6 Å². The lowest BCUT2D eigenvalue weighted by Gasteiger charge is -2.07. The van der Waals surface area contributed by atoms with E-state index >= 15 is 0 Å². The van der Waals surface area contributed by atoms with Gasteiger partial charge in [-0.25, -0.2) is 9.18 Å². The van der Waals surface area contributed by atoms with Gasteiger partial charge in [-0.15, -0.1) is 0 Å². The Hall–Kier alpha value is -2.34. The van der Waals surface area contributed by atoms with Gasteiger partial charge in [0.15, 0.2) is 0 Å². The predicted molar refractivity (Wildman–Crippen MR) is 73.0 cm³/mol. The van der Waals surface area contributed by atoms with Crippen LogP contribution in [0.25, 0.3) is 0 Å². The van der Waals surface area contributed by atoms with Crippen molar-refractivity contribution in [2.75, 3.05) is 0 Å². The van der Waals surface area contributed by atoms with Gasteiger partial charge in [-0.1, -0.05) is 11.6 Å². The highest BCUT2D eigenvalue weighted by Crippen LogP contribution is 2.20. The number of benzene rings is 1. The SMILES string of the molecule is Cc1cc(C(=O)NCc2ccc(C(=O)O)o2)c(Cl)cc1F. The number of rotatable bonds is 4. The van der Waals surface area contributed by atoms with Crippen molar-refractivity contribution in [3.05, 3.63) is 57.8 Å². The average Bonchev–Trinajstić information content (AvgIpc) is 2.89. The lowest BCUT2D eigenvalue weighted by Crippen LogP contribution is -2.23. The van der Waals surface area contributed by atoms with Gasteiger partial charge in [-0.2, -0.15) is 0 Å². The summed E-state index contributed by atoms with van der Waals surface area (Å²) in [7, 11) is 0. The van der Waals surface area contributed by atoms with Crippen molar-refractivity contribution >= 4 is 23.5 Å². The van der Waals surface area contributed by atoms with E-state index in [0.717, 1.165) is 6.07 Å². The van der Waals surface area contributed by atoms with Crippen LogP contribution in [-0.4, -0.2) is 17.0 Å². The number of carbonyl (C=O) groups is 2. The maximum Gasteiger partial charge on any atom is 0.371 e. The van der Waals surface area contributed by atoms with E-state index in [-0.39, 0.29) is 28.7 Å². The van der Waals surface area contributed by atoms with E-state index < -0.39 is 17.7 Å². The van der Waals surface area contributed by atoms with Crippen molar-refractivity contribution in [1.82, 2.24) is 5.32 Å². The molecule has 0 bridgehead atoms. The third kappa shape index (κ3) is 3.41. The Kier molecular flexibility index (Phi) is 4.28. The molecule has 1 aromatic heterocycles. The monoisotopic (exact) mass is 311 g/mol. The zero-order chi connectivity index (χ0) is 15.6. The molecule has 0 spiro atoms. The number of aromatic carboxylic acids is 1. The molecule has 1 amide bonds. The Labute approximate surface area is 124 Å². The Bertz CT molecular complexity index is 711. The van der Waals surface area contributed by atoms with Crippen LogP contribution in [0.2, 0.25) is 5.02 Å². The number of carboxylic acids is 1. The van der Waals surface area contributed by atoms with Gasteiger partial charge in [-0.05, 0) is 36.8 Å². The van der Waals surface area contributed by atoms with Crippen LogP contribution in [0.4, 0.5) is 4.39 Å². The summed E-state index contributed by atoms with van der Waals surface area (Å²) in [6, 6.07) is 5.15. The summed E-state index contributed by atoms with van der Waals surface area (Å²) in [6.07, 6.45) is 0. The number of amides is 1. The van der Waals surface area contributed by atoms with Crippen molar-refractivity contribution in [3.63, 3.8) is 0 Å². The standard InChI is InChI=1S/C14H11ClFNO4/c1-7-4-9(10(15)5-11(7)16)13(18)17-6-8-2-3-12(21-8)14(19)20/h2-5H,6H2,1H3,(H,17,18)(H,19,20). The quantitative estimate of drug-likeness (QED) is 0.909. The molecular formula is C14H11ClFNO4. The van der Waals surface area contributed by atoms with E-state index in [1.54, 1.807) is 0 Å². The number of aryl methyl sites for hydroxylation is 1. The number of carbonyl (C=O) groups excluding carboxylic acids is 1. The molecule has 21 heavy (non-hydrogen) atoms. The van der Waals surface area contributed by atoms with Crippen molar-refractivity contribution in [2.45, 2.75) is 13.5 Å². The molecule has 0 saturated heterocycles. The molecule has 110 valence electrons. The first-order valence-electron chi connectivity index (χ1n) is 5.94. The Balaban J connectivity index is 2.08. The van der Waals surface area contributed by atoms with Crippen LogP contribution >= 0.6 is 11.6 Å². The zero-order valence-corrected chi connectivity index (χ0v) is 11.7. The van der Waals surface area contributed by atoms with E-state index in [1.807, 2.05) is 0 Å². The highest BCUT2D eigenvalue weighted by molar-refractivity contribution is 6.33. The van der Waals surface area contributed by atoms with Crippen LogP contribution in [-0.2, 0) is 6.54 Å². The van der Waals surface area contributed by atoms with E-state index in [1.165, 1.54) is 25.1 Å². The maximum atomic E-state index is 13.3. The number of hydrogen-bond donors (Lipinski definition) is 2. The molecule has 0 aliphatic rings. The molecule has 5 nitrogen and oxygen atoms in total. The summed E-state index contributed by atoms with van der Waals surface area (Å²) >= 11 is 5.82. The smallest absolute Gasteiger partial charge is 0.371 e. The first-order valence-corrected chi connectivity index (χ1v) is 6.32. The summed E-state index contributed by atoms with van der Waals surface area (Å²) in [6.45, 7) is 1.52. The highest BCUT2D eigenvalue weighted by atomic mass is 35.5. The fourth-order valence-electron chi connectivity index (χ4n) is 1.68. The van der Waals surface area contributed by atoms with E-state index in [9.17, 15) is 14.0 Å². The van der Waals surface area contributed by atoms with Gasteiger partial charge >= 0.3 is 5.97 Å². The van der Waals surface area contributed by atoms with Gasteiger partial charge in [0, 0.05) is 0 Å². The molecule has 0 atom stereocenters. The van der Waals surface area contributed by atoms with Gasteiger partial charge in [0.05, 0.1) is 17.1 Å². The summed E-state index contributed by atoms with van der Waals surface area (Å²) in [5.74, 6) is -2.11. The van der Waals surface area contributed by atoms with Crippen LogP contribution in [0.3, 0.4) is 0 Å². The molecule has 7 heteroatoms. The Morgan fingerprint density at radius 2 is 2.10 bits per heavy atom. The lowest BCUT2D eigenvalue weighted by atomic mass is 10.1. The predicted octanol–water partition coefficient (Wildman–Crippen LogP) is 3.01. The molecule has 0 saturated carbocycles.